The highest BCUT2D eigenvalue weighted by Crippen LogP contribution is 2.27. The van der Waals surface area contributed by atoms with Crippen molar-refractivity contribution in [3.8, 4) is 0 Å². The van der Waals surface area contributed by atoms with E-state index in [0.717, 1.165) is 77.0 Å². The Hall–Kier alpha value is -2.80. The zero-order chi connectivity index (χ0) is 58.9. The summed E-state index contributed by atoms with van der Waals surface area (Å²) in [6.45, 7) is 6.04. The number of carboxylic acid groups (broad SMARTS) is 1. The minimum Gasteiger partial charge on any atom is -0.479 e. The lowest BCUT2D eigenvalue weighted by Gasteiger charge is -2.40. The lowest BCUT2D eigenvalue weighted by atomic mass is 9.98. The SMILES string of the molecule is CCCCCCCC/C=C\CCCCCCCCCCCC(=O)OCC(COC1OC(C(=O)O)C(O)C(O)C1OC(=O)CCCCCCCCCCCCCCCCCCC)OC(=O)CCCCCCC/C=C\CCCCCCCC. The van der Waals surface area contributed by atoms with Crippen molar-refractivity contribution < 1.29 is 58.2 Å². The number of aliphatic hydroxyl groups is 2. The van der Waals surface area contributed by atoms with Gasteiger partial charge in [0.25, 0.3) is 0 Å². The fourth-order valence-corrected chi connectivity index (χ4v) is 10.7. The summed E-state index contributed by atoms with van der Waals surface area (Å²) < 4.78 is 28.6. The normalized spacial score (nSPS) is 17.8. The third-order valence-corrected chi connectivity index (χ3v) is 16.0. The topological polar surface area (TPSA) is 175 Å². The Morgan fingerprint density at radius 2 is 0.704 bits per heavy atom. The van der Waals surface area contributed by atoms with Gasteiger partial charge in [-0.3, -0.25) is 14.4 Å². The van der Waals surface area contributed by atoms with Crippen molar-refractivity contribution in [3.63, 3.8) is 0 Å². The number of hydrogen-bond donors (Lipinski definition) is 3. The second-order valence-corrected chi connectivity index (χ2v) is 23.8. The number of unbranched alkanes of at least 4 members (excludes halogenated alkanes) is 42. The highest BCUT2D eigenvalue weighted by atomic mass is 16.7. The van der Waals surface area contributed by atoms with E-state index in [2.05, 4.69) is 45.1 Å². The second-order valence-electron chi connectivity index (χ2n) is 23.8. The average molecular weight is 1150 g/mol. The van der Waals surface area contributed by atoms with Gasteiger partial charge in [0.1, 0.15) is 18.8 Å². The molecule has 3 N–H and O–H groups in total. The summed E-state index contributed by atoms with van der Waals surface area (Å²) in [5.74, 6) is -3.09. The van der Waals surface area contributed by atoms with Crippen LogP contribution in [0.15, 0.2) is 24.3 Å². The number of carbonyl (C=O) groups is 4. The van der Waals surface area contributed by atoms with E-state index in [9.17, 15) is 34.5 Å². The van der Waals surface area contributed by atoms with E-state index in [4.69, 9.17) is 23.7 Å². The Morgan fingerprint density at radius 3 is 1.05 bits per heavy atom. The molecule has 0 bridgehead atoms. The first-order valence-corrected chi connectivity index (χ1v) is 34.3. The molecule has 0 aromatic rings. The molecule has 0 spiro atoms. The van der Waals surface area contributed by atoms with Gasteiger partial charge in [0.05, 0.1) is 6.61 Å². The Balaban J connectivity index is 2.62. The maximum atomic E-state index is 13.2. The predicted octanol–water partition coefficient (Wildman–Crippen LogP) is 18.6. The molecule has 0 aromatic carbocycles. The Labute approximate surface area is 496 Å². The molecule has 0 aliphatic carbocycles. The van der Waals surface area contributed by atoms with Crippen molar-refractivity contribution in [1.82, 2.24) is 0 Å². The standard InChI is InChI=1S/C69H126O12/c1-4-7-10-13-16-19-22-25-28-30-31-33-35-37-40-43-46-49-52-55-61(70)77-58-60(79-62(71)56-53-50-47-44-41-38-34-27-24-21-18-15-12-9-6-3)59-78-69-67(65(74)64(73)66(81-69)68(75)76)80-63(72)57-54-51-48-45-42-39-36-32-29-26-23-20-17-14-11-8-5-2/h25,27-28,34,60,64-67,69,73-74H,4-24,26,29-33,35-59H2,1-3H3,(H,75,76)/b28-25-,34-27-. The monoisotopic (exact) mass is 1150 g/mol. The van der Waals surface area contributed by atoms with Crippen LogP contribution < -0.4 is 0 Å². The van der Waals surface area contributed by atoms with Crippen molar-refractivity contribution in [2.24, 2.45) is 0 Å². The zero-order valence-corrected chi connectivity index (χ0v) is 52.6. The third-order valence-electron chi connectivity index (χ3n) is 16.0. The molecule has 1 aliphatic rings. The average Bonchev–Trinajstić information content (AvgIpc) is 3.53. The lowest BCUT2D eigenvalue weighted by molar-refractivity contribution is -0.301. The highest BCUT2D eigenvalue weighted by molar-refractivity contribution is 5.74. The molecule has 0 saturated carbocycles. The Bertz CT molecular complexity index is 1500. The molecule has 1 aliphatic heterocycles. The van der Waals surface area contributed by atoms with Crippen molar-refractivity contribution >= 4 is 23.9 Å². The van der Waals surface area contributed by atoms with Crippen LogP contribution in [0.3, 0.4) is 0 Å². The number of aliphatic carboxylic acids is 1. The van der Waals surface area contributed by atoms with Crippen LogP contribution in [0.1, 0.15) is 342 Å². The number of carboxylic acids is 1. The van der Waals surface area contributed by atoms with Gasteiger partial charge in [0.2, 0.25) is 0 Å². The molecule has 1 rings (SSSR count). The molecule has 81 heavy (non-hydrogen) atoms. The van der Waals surface area contributed by atoms with Crippen LogP contribution >= 0.6 is 0 Å². The van der Waals surface area contributed by atoms with Crippen LogP contribution in [0, 0.1) is 0 Å². The molecule has 12 nitrogen and oxygen atoms in total. The van der Waals surface area contributed by atoms with E-state index in [1.807, 2.05) is 0 Å². The molecular weight excluding hydrogens is 1020 g/mol. The molecule has 1 fully saturated rings. The van der Waals surface area contributed by atoms with Crippen LogP contribution in [0.2, 0.25) is 0 Å². The van der Waals surface area contributed by atoms with E-state index in [0.29, 0.717) is 19.3 Å². The van der Waals surface area contributed by atoms with Gasteiger partial charge in [0, 0.05) is 19.3 Å². The van der Waals surface area contributed by atoms with Crippen molar-refractivity contribution in [2.45, 2.75) is 379 Å². The first-order valence-electron chi connectivity index (χ1n) is 34.3. The summed E-state index contributed by atoms with van der Waals surface area (Å²) in [5.41, 5.74) is 0. The minimum atomic E-state index is -1.90. The van der Waals surface area contributed by atoms with Gasteiger partial charge >= 0.3 is 23.9 Å². The summed E-state index contributed by atoms with van der Waals surface area (Å²) in [5, 5.41) is 31.6. The number of allylic oxidation sites excluding steroid dienone is 4. The Kier molecular flexibility index (Phi) is 54.2. The molecule has 6 unspecified atom stereocenters. The van der Waals surface area contributed by atoms with E-state index in [1.165, 1.54) is 205 Å². The molecule has 1 saturated heterocycles. The largest absolute Gasteiger partial charge is 0.479 e. The summed E-state index contributed by atoms with van der Waals surface area (Å²) in [6.07, 6.45) is 55.6. The summed E-state index contributed by atoms with van der Waals surface area (Å²) in [7, 11) is 0. The molecule has 0 aromatic heterocycles. The summed E-state index contributed by atoms with van der Waals surface area (Å²) in [4.78, 5) is 51.4. The number of esters is 3. The number of ether oxygens (including phenoxy) is 5. The van der Waals surface area contributed by atoms with Gasteiger partial charge in [-0.15, -0.1) is 0 Å². The first kappa shape index (κ1) is 76.2. The summed E-state index contributed by atoms with van der Waals surface area (Å²) in [6, 6.07) is 0. The van der Waals surface area contributed by atoms with E-state index < -0.39 is 67.3 Å². The number of carbonyl (C=O) groups excluding carboxylic acids is 3. The van der Waals surface area contributed by atoms with Gasteiger partial charge < -0.3 is 39.0 Å². The molecular formula is C69H126O12. The molecule has 474 valence electrons. The quantitative estimate of drug-likeness (QED) is 0.0228. The van der Waals surface area contributed by atoms with Crippen LogP contribution in [0.4, 0.5) is 0 Å². The van der Waals surface area contributed by atoms with Crippen LogP contribution in [-0.2, 0) is 42.9 Å². The summed E-state index contributed by atoms with van der Waals surface area (Å²) >= 11 is 0. The molecule has 0 radical (unpaired) electrons. The van der Waals surface area contributed by atoms with Crippen molar-refractivity contribution in [3.05, 3.63) is 24.3 Å². The second kappa shape index (κ2) is 57.6. The third kappa shape index (κ3) is 47.2. The smallest absolute Gasteiger partial charge is 0.335 e. The van der Waals surface area contributed by atoms with Gasteiger partial charge in [-0.05, 0) is 70.6 Å². The predicted molar refractivity (Wildman–Crippen MR) is 331 cm³/mol. The van der Waals surface area contributed by atoms with E-state index in [-0.39, 0.29) is 25.9 Å². The van der Waals surface area contributed by atoms with Gasteiger partial charge in [-0.1, -0.05) is 276 Å². The Morgan fingerprint density at radius 1 is 0.395 bits per heavy atom. The number of hydrogen-bond acceptors (Lipinski definition) is 11. The van der Waals surface area contributed by atoms with Crippen LogP contribution in [-0.4, -0.2) is 89.2 Å². The molecule has 6 atom stereocenters. The van der Waals surface area contributed by atoms with Gasteiger partial charge in [0.15, 0.2) is 24.6 Å². The fraction of sp³-hybridized carbons (Fsp3) is 0.884. The van der Waals surface area contributed by atoms with Gasteiger partial charge in [-0.2, -0.15) is 0 Å². The minimum absolute atomic E-state index is 0.0667. The van der Waals surface area contributed by atoms with E-state index in [1.54, 1.807) is 0 Å². The maximum Gasteiger partial charge on any atom is 0.335 e. The van der Waals surface area contributed by atoms with Crippen LogP contribution in [0.25, 0.3) is 0 Å². The number of aliphatic hydroxyl groups excluding tert-OH is 2. The van der Waals surface area contributed by atoms with Crippen molar-refractivity contribution in [2.75, 3.05) is 13.2 Å². The number of rotatable bonds is 60. The van der Waals surface area contributed by atoms with Crippen molar-refractivity contribution in [1.29, 1.82) is 0 Å². The molecule has 1 heterocycles. The fourth-order valence-electron chi connectivity index (χ4n) is 10.7. The zero-order valence-electron chi connectivity index (χ0n) is 52.6. The van der Waals surface area contributed by atoms with Gasteiger partial charge in [-0.25, -0.2) is 4.79 Å². The molecule has 0 amide bonds. The van der Waals surface area contributed by atoms with Crippen LogP contribution in [0.5, 0.6) is 0 Å². The highest BCUT2D eigenvalue weighted by Gasteiger charge is 2.50. The van der Waals surface area contributed by atoms with E-state index >= 15 is 0 Å². The first-order chi connectivity index (χ1) is 39.6. The maximum absolute atomic E-state index is 13.2. The lowest BCUT2D eigenvalue weighted by Crippen LogP contribution is -2.61. The molecule has 12 heteroatoms.